The van der Waals surface area contributed by atoms with Crippen molar-refractivity contribution in [2.45, 2.75) is 31.3 Å². The Balaban J connectivity index is 1.52. The van der Waals surface area contributed by atoms with Crippen molar-refractivity contribution < 1.29 is 19.0 Å². The zero-order valence-electron chi connectivity index (χ0n) is 14.6. The molecule has 1 unspecified atom stereocenters. The fraction of sp³-hybridized carbons (Fsp3) is 0.400. The van der Waals surface area contributed by atoms with Crippen molar-refractivity contribution in [1.29, 1.82) is 0 Å². The number of ether oxygens (including phenoxy) is 1. The predicted molar refractivity (Wildman–Crippen MR) is 95.2 cm³/mol. The second kappa shape index (κ2) is 8.27. The van der Waals surface area contributed by atoms with E-state index in [1.165, 1.54) is 24.3 Å². The molecule has 1 aliphatic heterocycles. The Hall–Kier alpha value is -2.47. The van der Waals surface area contributed by atoms with Crippen molar-refractivity contribution in [2.24, 2.45) is 0 Å². The molecule has 2 aromatic rings. The number of carbonyl (C=O) groups is 1. The lowest BCUT2D eigenvalue weighted by atomic mass is 9.93. The maximum atomic E-state index is 12.9. The minimum Gasteiger partial charge on any atom is -0.491 e. The van der Waals surface area contributed by atoms with Crippen LogP contribution in [0.2, 0.25) is 0 Å². The van der Waals surface area contributed by atoms with Crippen molar-refractivity contribution in [3.8, 4) is 5.75 Å². The van der Waals surface area contributed by atoms with Crippen molar-refractivity contribution in [2.75, 3.05) is 19.7 Å². The predicted octanol–water partition coefficient (Wildman–Crippen LogP) is 2.59. The summed E-state index contributed by atoms with van der Waals surface area (Å²) < 4.78 is 18.5. The average Bonchev–Trinajstić information content (AvgIpc) is 2.66. The number of halogens is 1. The summed E-state index contributed by atoms with van der Waals surface area (Å²) in [4.78, 5) is 18.2. The van der Waals surface area contributed by atoms with Crippen LogP contribution >= 0.6 is 0 Å². The molecule has 1 aromatic carbocycles. The van der Waals surface area contributed by atoms with Gasteiger partial charge in [-0.25, -0.2) is 4.39 Å². The number of aromatic nitrogens is 1. The number of benzene rings is 1. The van der Waals surface area contributed by atoms with E-state index in [4.69, 9.17) is 4.74 Å². The van der Waals surface area contributed by atoms with Gasteiger partial charge in [-0.1, -0.05) is 6.07 Å². The molecule has 5 nitrogen and oxygen atoms in total. The molecule has 1 aliphatic rings. The summed E-state index contributed by atoms with van der Waals surface area (Å²) in [6.45, 7) is 0.968. The minimum atomic E-state index is -1.09. The molecule has 3 rings (SSSR count). The highest BCUT2D eigenvalue weighted by atomic mass is 19.1. The molecule has 1 aromatic heterocycles. The van der Waals surface area contributed by atoms with E-state index in [2.05, 4.69) is 4.98 Å². The van der Waals surface area contributed by atoms with E-state index in [0.717, 1.165) is 12.0 Å². The van der Waals surface area contributed by atoms with E-state index < -0.39 is 5.60 Å². The molecule has 0 saturated carbocycles. The highest BCUT2D eigenvalue weighted by molar-refractivity contribution is 5.76. The molecule has 0 bridgehead atoms. The van der Waals surface area contributed by atoms with Crippen LogP contribution in [0.15, 0.2) is 48.8 Å². The number of piperidine rings is 1. The number of rotatable bonds is 6. The highest BCUT2D eigenvalue weighted by Gasteiger charge is 2.35. The summed E-state index contributed by atoms with van der Waals surface area (Å²) in [6.07, 6.45) is 5.78. The zero-order valence-corrected chi connectivity index (χ0v) is 14.6. The van der Waals surface area contributed by atoms with E-state index in [0.29, 0.717) is 31.6 Å². The fourth-order valence-corrected chi connectivity index (χ4v) is 3.15. The molecular formula is C20H23FN2O3. The van der Waals surface area contributed by atoms with Crippen LogP contribution in [0.4, 0.5) is 4.39 Å². The number of hydrogen-bond donors (Lipinski definition) is 1. The van der Waals surface area contributed by atoms with Gasteiger partial charge in [0, 0.05) is 25.4 Å². The van der Waals surface area contributed by atoms with Crippen molar-refractivity contribution >= 4 is 5.91 Å². The van der Waals surface area contributed by atoms with Gasteiger partial charge in [0.05, 0.1) is 6.54 Å². The lowest BCUT2D eigenvalue weighted by molar-refractivity contribution is -0.140. The molecule has 0 radical (unpaired) electrons. The molecule has 2 heterocycles. The Morgan fingerprint density at radius 2 is 2.12 bits per heavy atom. The fourth-order valence-electron chi connectivity index (χ4n) is 3.15. The first-order valence-corrected chi connectivity index (χ1v) is 8.82. The summed E-state index contributed by atoms with van der Waals surface area (Å²) in [5.74, 6) is 0.188. The van der Waals surface area contributed by atoms with E-state index in [1.54, 1.807) is 17.3 Å². The van der Waals surface area contributed by atoms with Gasteiger partial charge in [-0.05, 0) is 55.2 Å². The second-order valence-electron chi connectivity index (χ2n) is 6.75. The van der Waals surface area contributed by atoms with Gasteiger partial charge in [-0.2, -0.15) is 0 Å². The third kappa shape index (κ3) is 5.02. The number of β-amino-alcohol motifs (C(OH)–C–C–N with tert-alkyl or cyclic N) is 1. The molecule has 1 atom stereocenters. The van der Waals surface area contributed by atoms with Gasteiger partial charge in [-0.15, -0.1) is 0 Å². The van der Waals surface area contributed by atoms with E-state index in [-0.39, 0.29) is 24.9 Å². The first-order valence-electron chi connectivity index (χ1n) is 8.82. The Morgan fingerprint density at radius 1 is 1.31 bits per heavy atom. The monoisotopic (exact) mass is 358 g/mol. The van der Waals surface area contributed by atoms with Gasteiger partial charge in [0.25, 0.3) is 0 Å². The molecule has 1 amide bonds. The normalized spacial score (nSPS) is 20.0. The largest absolute Gasteiger partial charge is 0.491 e. The molecule has 6 heteroatoms. The summed E-state index contributed by atoms with van der Waals surface area (Å²) in [5.41, 5.74) is -0.0656. The number of carbonyl (C=O) groups excluding carboxylic acids is 1. The van der Waals surface area contributed by atoms with Crippen LogP contribution in [0.1, 0.15) is 24.8 Å². The van der Waals surface area contributed by atoms with Gasteiger partial charge >= 0.3 is 0 Å². The molecule has 0 spiro atoms. The van der Waals surface area contributed by atoms with Gasteiger partial charge in [0.15, 0.2) is 0 Å². The number of hydrogen-bond acceptors (Lipinski definition) is 4. The molecule has 138 valence electrons. The molecule has 1 fully saturated rings. The van der Waals surface area contributed by atoms with E-state index in [9.17, 15) is 14.3 Å². The summed E-state index contributed by atoms with van der Waals surface area (Å²) in [5, 5.41) is 10.8. The number of pyridine rings is 1. The summed E-state index contributed by atoms with van der Waals surface area (Å²) in [7, 11) is 0. The Labute approximate surface area is 152 Å². The van der Waals surface area contributed by atoms with Crippen LogP contribution in [-0.2, 0) is 11.2 Å². The smallest absolute Gasteiger partial charge is 0.223 e. The van der Waals surface area contributed by atoms with Gasteiger partial charge in [0.1, 0.15) is 23.8 Å². The van der Waals surface area contributed by atoms with Crippen LogP contribution in [0.5, 0.6) is 5.75 Å². The van der Waals surface area contributed by atoms with Gasteiger partial charge < -0.3 is 14.7 Å². The lowest BCUT2D eigenvalue weighted by Crippen LogP contribution is -2.53. The second-order valence-corrected chi connectivity index (χ2v) is 6.75. The third-order valence-corrected chi connectivity index (χ3v) is 4.58. The van der Waals surface area contributed by atoms with Crippen LogP contribution in [0, 0.1) is 5.82 Å². The molecule has 26 heavy (non-hydrogen) atoms. The Morgan fingerprint density at radius 3 is 2.85 bits per heavy atom. The number of amides is 1. The quantitative estimate of drug-likeness (QED) is 0.862. The Bertz CT molecular complexity index is 724. The maximum Gasteiger partial charge on any atom is 0.223 e. The number of aryl methyl sites for hydroxylation is 1. The summed E-state index contributed by atoms with van der Waals surface area (Å²) in [6, 6.07) is 9.48. The van der Waals surface area contributed by atoms with E-state index >= 15 is 0 Å². The average molecular weight is 358 g/mol. The minimum absolute atomic E-state index is 0.0220. The van der Waals surface area contributed by atoms with Crippen molar-refractivity contribution in [3.63, 3.8) is 0 Å². The summed E-state index contributed by atoms with van der Waals surface area (Å²) >= 11 is 0. The van der Waals surface area contributed by atoms with Crippen molar-refractivity contribution in [3.05, 3.63) is 60.2 Å². The molecule has 1 saturated heterocycles. The lowest BCUT2D eigenvalue weighted by Gasteiger charge is -2.39. The number of nitrogens with zero attached hydrogens (tertiary/aromatic N) is 2. The standard InChI is InChI=1S/C20H23FN2O3/c21-17-5-7-18(8-6-17)26-15-20(25)10-2-12-23(14-20)19(24)9-4-16-3-1-11-22-13-16/h1,3,5-8,11,13,25H,2,4,9-10,12,14-15H2. The zero-order chi connectivity index (χ0) is 18.4. The first-order chi connectivity index (χ1) is 12.5. The van der Waals surface area contributed by atoms with Crippen molar-refractivity contribution in [1.82, 2.24) is 9.88 Å². The van der Waals surface area contributed by atoms with Crippen LogP contribution < -0.4 is 4.74 Å². The molecule has 0 aliphatic carbocycles. The van der Waals surface area contributed by atoms with Crippen LogP contribution in [0.3, 0.4) is 0 Å². The SMILES string of the molecule is O=C(CCc1cccnc1)N1CCCC(O)(COc2ccc(F)cc2)C1. The highest BCUT2D eigenvalue weighted by Crippen LogP contribution is 2.24. The Kier molecular flexibility index (Phi) is 5.83. The molecular weight excluding hydrogens is 335 g/mol. The van der Waals surface area contributed by atoms with Gasteiger partial charge in [0.2, 0.25) is 5.91 Å². The number of aliphatic hydroxyl groups is 1. The van der Waals surface area contributed by atoms with Crippen LogP contribution in [0.25, 0.3) is 0 Å². The maximum absolute atomic E-state index is 12.9. The van der Waals surface area contributed by atoms with Gasteiger partial charge in [-0.3, -0.25) is 9.78 Å². The van der Waals surface area contributed by atoms with E-state index in [1.807, 2.05) is 12.1 Å². The topological polar surface area (TPSA) is 62.7 Å². The number of likely N-dealkylation sites (tertiary alicyclic amines) is 1. The first kappa shape index (κ1) is 18.3. The third-order valence-electron chi connectivity index (χ3n) is 4.58. The molecule has 1 N–H and O–H groups in total. The van der Waals surface area contributed by atoms with Crippen LogP contribution in [-0.4, -0.2) is 46.2 Å².